The zero-order chi connectivity index (χ0) is 10.8. The van der Waals surface area contributed by atoms with Gasteiger partial charge in [0.05, 0.1) is 0 Å². The first kappa shape index (κ1) is 9.86. The summed E-state index contributed by atoms with van der Waals surface area (Å²) < 4.78 is 0. The van der Waals surface area contributed by atoms with Crippen molar-refractivity contribution in [1.82, 2.24) is 14.9 Å². The van der Waals surface area contributed by atoms with Crippen LogP contribution in [0.25, 0.3) is 11.0 Å². The predicted octanol–water partition coefficient (Wildman–Crippen LogP) is 1.44. The van der Waals surface area contributed by atoms with Crippen molar-refractivity contribution in [3.05, 3.63) is 29.6 Å². The number of hydrogen-bond donors (Lipinski definition) is 1. The van der Waals surface area contributed by atoms with E-state index in [-0.39, 0.29) is 0 Å². The number of carbonyl (C=O) groups is 1. The molecule has 0 unspecified atom stereocenters. The van der Waals surface area contributed by atoms with Crippen LogP contribution >= 0.6 is 0 Å². The highest BCUT2D eigenvalue weighted by Gasteiger charge is 2.06. The number of hydrogen-bond acceptors (Lipinski definition) is 3. The second-order valence-electron chi connectivity index (χ2n) is 3.83. The number of rotatable bonds is 3. The summed E-state index contributed by atoms with van der Waals surface area (Å²) in [5.74, 6) is 0. The van der Waals surface area contributed by atoms with Gasteiger partial charge in [-0.05, 0) is 25.7 Å². The molecule has 78 valence electrons. The van der Waals surface area contributed by atoms with Gasteiger partial charge in [-0.15, -0.1) is 0 Å². The van der Waals surface area contributed by atoms with Crippen molar-refractivity contribution in [2.75, 3.05) is 14.1 Å². The lowest BCUT2D eigenvalue weighted by atomic mass is 10.2. The summed E-state index contributed by atoms with van der Waals surface area (Å²) in [5, 5.41) is 1.02. The molecule has 0 fully saturated rings. The maximum Gasteiger partial charge on any atom is 0.151 e. The Kier molecular flexibility index (Phi) is 2.51. The molecule has 4 heteroatoms. The molecule has 0 aromatic carbocycles. The van der Waals surface area contributed by atoms with Gasteiger partial charge in [-0.3, -0.25) is 4.79 Å². The summed E-state index contributed by atoms with van der Waals surface area (Å²) in [4.78, 5) is 20.0. The van der Waals surface area contributed by atoms with Gasteiger partial charge in [0, 0.05) is 29.9 Å². The fourth-order valence-corrected chi connectivity index (χ4v) is 1.61. The third-order valence-corrected chi connectivity index (χ3v) is 2.26. The lowest BCUT2D eigenvalue weighted by Crippen LogP contribution is -2.10. The molecule has 0 bridgehead atoms. The Morgan fingerprint density at radius 1 is 1.53 bits per heavy atom. The molecule has 0 atom stereocenters. The van der Waals surface area contributed by atoms with Crippen molar-refractivity contribution in [3.63, 3.8) is 0 Å². The number of H-pyrrole nitrogens is 1. The predicted molar refractivity (Wildman–Crippen MR) is 58.9 cm³/mol. The Balaban J connectivity index is 2.51. The molecule has 1 N–H and O–H groups in total. The first-order chi connectivity index (χ1) is 7.20. The highest BCUT2D eigenvalue weighted by Crippen LogP contribution is 2.17. The summed E-state index contributed by atoms with van der Waals surface area (Å²) in [6, 6.07) is 1.87. The molecule has 15 heavy (non-hydrogen) atoms. The topological polar surface area (TPSA) is 49.0 Å². The fourth-order valence-electron chi connectivity index (χ4n) is 1.61. The normalized spacial score (nSPS) is 11.1. The van der Waals surface area contributed by atoms with Crippen LogP contribution < -0.4 is 0 Å². The molecule has 2 aromatic heterocycles. The molecule has 2 rings (SSSR count). The lowest BCUT2D eigenvalue weighted by molar-refractivity contribution is 0.112. The van der Waals surface area contributed by atoms with Gasteiger partial charge in [-0.25, -0.2) is 4.98 Å². The van der Waals surface area contributed by atoms with Crippen molar-refractivity contribution in [2.45, 2.75) is 6.54 Å². The number of aldehydes is 1. The van der Waals surface area contributed by atoms with E-state index in [0.717, 1.165) is 29.4 Å². The molecule has 0 aliphatic carbocycles. The molecule has 4 nitrogen and oxygen atoms in total. The van der Waals surface area contributed by atoms with Crippen LogP contribution in [0.4, 0.5) is 0 Å². The smallest absolute Gasteiger partial charge is 0.151 e. The van der Waals surface area contributed by atoms with Crippen LogP contribution in [0.15, 0.2) is 18.5 Å². The van der Waals surface area contributed by atoms with Gasteiger partial charge >= 0.3 is 0 Å². The summed E-state index contributed by atoms with van der Waals surface area (Å²) in [5.41, 5.74) is 2.60. The van der Waals surface area contributed by atoms with Crippen LogP contribution in [0.5, 0.6) is 0 Å². The number of nitrogens with zero attached hydrogens (tertiary/aromatic N) is 2. The third kappa shape index (κ3) is 1.89. The minimum atomic E-state index is 0.613. The van der Waals surface area contributed by atoms with Gasteiger partial charge in [0.1, 0.15) is 5.65 Å². The molecule has 0 saturated carbocycles. The van der Waals surface area contributed by atoms with Crippen LogP contribution in [0, 0.1) is 0 Å². The number of nitrogens with one attached hydrogen (secondary N) is 1. The number of pyridine rings is 1. The minimum Gasteiger partial charge on any atom is -0.346 e. The van der Waals surface area contributed by atoms with Gasteiger partial charge in [0.2, 0.25) is 0 Å². The van der Waals surface area contributed by atoms with Crippen LogP contribution in [0.1, 0.15) is 15.9 Å². The van der Waals surface area contributed by atoms with E-state index in [1.54, 1.807) is 6.20 Å². The zero-order valence-corrected chi connectivity index (χ0v) is 8.82. The Bertz CT molecular complexity index is 488. The van der Waals surface area contributed by atoms with E-state index in [2.05, 4.69) is 14.9 Å². The second kappa shape index (κ2) is 3.82. The number of aromatic amines is 1. The molecule has 0 aliphatic rings. The number of carbonyl (C=O) groups excluding carboxylic acids is 1. The first-order valence-electron chi connectivity index (χ1n) is 4.76. The van der Waals surface area contributed by atoms with Gasteiger partial charge in [-0.2, -0.15) is 0 Å². The molecule has 0 aliphatic heterocycles. The molecule has 0 radical (unpaired) electrons. The van der Waals surface area contributed by atoms with Crippen molar-refractivity contribution in [1.29, 1.82) is 0 Å². The van der Waals surface area contributed by atoms with E-state index >= 15 is 0 Å². The maximum absolute atomic E-state index is 10.6. The molecule has 2 heterocycles. The van der Waals surface area contributed by atoms with E-state index in [1.807, 2.05) is 26.4 Å². The number of aromatic nitrogens is 2. The Morgan fingerprint density at radius 2 is 2.33 bits per heavy atom. The SMILES string of the molecule is CN(C)Cc1c[nH]c2ncc(C=O)cc12. The van der Waals surface area contributed by atoms with Crippen LogP contribution in [0.3, 0.4) is 0 Å². The van der Waals surface area contributed by atoms with Crippen LogP contribution in [-0.4, -0.2) is 35.2 Å². The lowest BCUT2D eigenvalue weighted by Gasteiger charge is -2.07. The van der Waals surface area contributed by atoms with Gasteiger partial charge < -0.3 is 9.88 Å². The van der Waals surface area contributed by atoms with Crippen LogP contribution in [0.2, 0.25) is 0 Å². The second-order valence-corrected chi connectivity index (χ2v) is 3.83. The molecule has 0 amide bonds. The minimum absolute atomic E-state index is 0.613. The van der Waals surface area contributed by atoms with E-state index < -0.39 is 0 Å². The Hall–Kier alpha value is -1.68. The largest absolute Gasteiger partial charge is 0.346 e. The summed E-state index contributed by atoms with van der Waals surface area (Å²) in [6.07, 6.45) is 4.33. The van der Waals surface area contributed by atoms with Gasteiger partial charge in [-0.1, -0.05) is 0 Å². The van der Waals surface area contributed by atoms with Crippen molar-refractivity contribution in [3.8, 4) is 0 Å². The summed E-state index contributed by atoms with van der Waals surface area (Å²) in [7, 11) is 4.02. The van der Waals surface area contributed by atoms with Crippen molar-refractivity contribution >= 4 is 17.3 Å². The molecular formula is C11H13N3O. The first-order valence-corrected chi connectivity index (χ1v) is 4.76. The van der Waals surface area contributed by atoms with E-state index in [1.165, 1.54) is 0 Å². The third-order valence-electron chi connectivity index (χ3n) is 2.26. The van der Waals surface area contributed by atoms with Gasteiger partial charge in [0.15, 0.2) is 6.29 Å². The van der Waals surface area contributed by atoms with E-state index in [9.17, 15) is 4.79 Å². The average Bonchev–Trinajstić information content (AvgIpc) is 2.60. The van der Waals surface area contributed by atoms with E-state index in [4.69, 9.17) is 0 Å². The Labute approximate surface area is 87.9 Å². The van der Waals surface area contributed by atoms with Gasteiger partial charge in [0.25, 0.3) is 0 Å². The van der Waals surface area contributed by atoms with Crippen LogP contribution in [-0.2, 0) is 6.54 Å². The highest BCUT2D eigenvalue weighted by atomic mass is 16.1. The number of fused-ring (bicyclic) bond motifs is 1. The maximum atomic E-state index is 10.6. The van der Waals surface area contributed by atoms with Crippen molar-refractivity contribution < 1.29 is 4.79 Å². The highest BCUT2D eigenvalue weighted by molar-refractivity contribution is 5.86. The Morgan fingerprint density at radius 3 is 3.00 bits per heavy atom. The zero-order valence-electron chi connectivity index (χ0n) is 8.82. The summed E-state index contributed by atoms with van der Waals surface area (Å²) in [6.45, 7) is 0.837. The molecule has 2 aromatic rings. The molecule has 0 saturated heterocycles. The quantitative estimate of drug-likeness (QED) is 0.768. The monoisotopic (exact) mass is 203 g/mol. The molecule has 0 spiro atoms. The van der Waals surface area contributed by atoms with E-state index in [0.29, 0.717) is 5.56 Å². The van der Waals surface area contributed by atoms with Crippen molar-refractivity contribution in [2.24, 2.45) is 0 Å². The molecular weight excluding hydrogens is 190 g/mol. The standard InChI is InChI=1S/C11H13N3O/c1-14(2)6-9-5-13-11-10(9)3-8(7-15)4-12-11/h3-5,7H,6H2,1-2H3,(H,12,13). The summed E-state index contributed by atoms with van der Waals surface area (Å²) >= 11 is 0. The fraction of sp³-hybridized carbons (Fsp3) is 0.273. The average molecular weight is 203 g/mol.